The van der Waals surface area contributed by atoms with E-state index < -0.39 is 7.25 Å². The lowest BCUT2D eigenvalue weighted by atomic mass is 10.3. The molecule has 2 nitrogen and oxygen atoms in total. The van der Waals surface area contributed by atoms with E-state index in [1.54, 1.807) is 0 Å². The van der Waals surface area contributed by atoms with Crippen molar-refractivity contribution in [3.8, 4) is 0 Å². The molecular weight excluding hydrogens is 199 g/mol. The Bertz CT molecular complexity index is 241. The van der Waals surface area contributed by atoms with Crippen LogP contribution in [-0.2, 0) is 0 Å². The molecular formula is C7H13BF4N2. The maximum atomic E-state index is 9.75. The van der Waals surface area contributed by atoms with Gasteiger partial charge in [-0.1, -0.05) is 6.92 Å². The number of allylic oxidation sites excluding steroid dienone is 1. The molecule has 1 unspecified atom stereocenters. The molecule has 0 aromatic heterocycles. The fraction of sp³-hybridized carbons (Fsp3) is 0.571. The Morgan fingerprint density at radius 1 is 1.36 bits per heavy atom. The minimum Gasteiger partial charge on any atom is -0.418 e. The first-order valence-electron chi connectivity index (χ1n) is 4.21. The van der Waals surface area contributed by atoms with Crippen LogP contribution in [0.1, 0.15) is 20.3 Å². The largest absolute Gasteiger partial charge is 0.673 e. The number of quaternary nitrogens is 1. The lowest BCUT2D eigenvalue weighted by Crippen LogP contribution is -3.05. The van der Waals surface area contributed by atoms with Gasteiger partial charge in [-0.3, -0.25) is 4.90 Å². The van der Waals surface area contributed by atoms with E-state index in [0.717, 1.165) is 6.42 Å². The van der Waals surface area contributed by atoms with E-state index in [0.29, 0.717) is 0 Å². The second-order valence-corrected chi connectivity index (χ2v) is 2.86. The molecule has 0 aromatic rings. The van der Waals surface area contributed by atoms with Crippen molar-refractivity contribution in [2.75, 3.05) is 7.05 Å². The van der Waals surface area contributed by atoms with Crippen LogP contribution in [0.15, 0.2) is 16.9 Å². The quantitative estimate of drug-likeness (QED) is 0.500. The molecule has 0 bridgehead atoms. The Hall–Kier alpha value is -0.845. The van der Waals surface area contributed by atoms with Crippen LogP contribution in [0.4, 0.5) is 17.3 Å². The summed E-state index contributed by atoms with van der Waals surface area (Å²) in [6, 6.07) is 0. The van der Waals surface area contributed by atoms with Gasteiger partial charge in [-0.25, -0.2) is 0 Å². The third kappa shape index (κ3) is 6.65. The molecule has 0 saturated carbocycles. The van der Waals surface area contributed by atoms with Crippen molar-refractivity contribution in [2.45, 2.75) is 20.3 Å². The van der Waals surface area contributed by atoms with E-state index >= 15 is 0 Å². The lowest BCUT2D eigenvalue weighted by molar-refractivity contribution is -0.719. The van der Waals surface area contributed by atoms with Gasteiger partial charge in [0.15, 0.2) is 0 Å². The van der Waals surface area contributed by atoms with Gasteiger partial charge in [0.25, 0.3) is 0 Å². The van der Waals surface area contributed by atoms with Crippen LogP contribution in [0.2, 0.25) is 0 Å². The molecule has 14 heavy (non-hydrogen) atoms. The molecule has 1 atom stereocenters. The second kappa shape index (κ2) is 5.14. The Kier molecular flexibility index (Phi) is 4.83. The average molecular weight is 212 g/mol. The summed E-state index contributed by atoms with van der Waals surface area (Å²) in [5.41, 5.74) is 1.21. The van der Waals surface area contributed by atoms with Crippen molar-refractivity contribution in [1.29, 1.82) is 0 Å². The predicted octanol–water partition coefficient (Wildman–Crippen LogP) is 1.48. The van der Waals surface area contributed by atoms with Gasteiger partial charge < -0.3 is 17.3 Å². The zero-order valence-corrected chi connectivity index (χ0v) is 8.32. The highest BCUT2D eigenvalue weighted by Gasteiger charge is 2.20. The molecule has 0 aliphatic carbocycles. The topological polar surface area (TPSA) is 16.8 Å². The molecule has 0 spiro atoms. The van der Waals surface area contributed by atoms with Crippen molar-refractivity contribution < 1.29 is 22.2 Å². The molecule has 0 radical (unpaired) electrons. The molecule has 0 aromatic carbocycles. The SMILES string of the molecule is CCC1=C[NH+](C)C(C)=N1.F[B-](F)(F)F. The summed E-state index contributed by atoms with van der Waals surface area (Å²) in [7, 11) is -3.90. The van der Waals surface area contributed by atoms with Crippen molar-refractivity contribution in [1.82, 2.24) is 0 Å². The molecule has 0 saturated heterocycles. The number of amidine groups is 1. The van der Waals surface area contributed by atoms with Crippen LogP contribution in [-0.4, -0.2) is 20.1 Å². The van der Waals surface area contributed by atoms with Crippen molar-refractivity contribution in [2.24, 2.45) is 4.99 Å². The molecule has 0 fully saturated rings. The minimum atomic E-state index is -6.00. The number of halogens is 4. The number of nitrogens with one attached hydrogen (secondary N) is 1. The standard InChI is InChI=1S/C7H12N2.BF4/c1-4-7-5-9(3)6(2)8-7;2-1(3,4)5/h5H,4H2,1-3H3;/q;-1/p+1. The van der Waals surface area contributed by atoms with Gasteiger partial charge in [-0.2, -0.15) is 4.99 Å². The fourth-order valence-corrected chi connectivity index (χ4v) is 0.871. The summed E-state index contributed by atoms with van der Waals surface area (Å²) in [5, 5.41) is 0. The highest BCUT2D eigenvalue weighted by atomic mass is 19.5. The molecule has 1 aliphatic heterocycles. The highest BCUT2D eigenvalue weighted by molar-refractivity contribution is 6.50. The van der Waals surface area contributed by atoms with E-state index in [1.165, 1.54) is 16.4 Å². The van der Waals surface area contributed by atoms with E-state index in [4.69, 9.17) is 0 Å². The van der Waals surface area contributed by atoms with Crippen LogP contribution in [0.25, 0.3) is 0 Å². The van der Waals surface area contributed by atoms with E-state index in [-0.39, 0.29) is 0 Å². The Balaban J connectivity index is 0.000000292. The van der Waals surface area contributed by atoms with Gasteiger partial charge >= 0.3 is 7.25 Å². The third-order valence-corrected chi connectivity index (χ3v) is 1.63. The first kappa shape index (κ1) is 13.2. The first-order valence-corrected chi connectivity index (χ1v) is 4.21. The number of aliphatic imine (C=N–C) groups is 1. The number of rotatable bonds is 1. The van der Waals surface area contributed by atoms with Crippen LogP contribution >= 0.6 is 0 Å². The maximum absolute atomic E-state index is 9.75. The van der Waals surface area contributed by atoms with Crippen molar-refractivity contribution >= 4 is 13.1 Å². The molecule has 7 heteroatoms. The van der Waals surface area contributed by atoms with Gasteiger partial charge in [-0.05, 0) is 6.42 Å². The van der Waals surface area contributed by atoms with Gasteiger partial charge in [-0.15, -0.1) is 0 Å². The minimum absolute atomic E-state index is 1.05. The summed E-state index contributed by atoms with van der Waals surface area (Å²) in [5.74, 6) is 1.17. The number of hydrogen-bond donors (Lipinski definition) is 1. The van der Waals surface area contributed by atoms with Gasteiger partial charge in [0.2, 0.25) is 5.84 Å². The molecule has 82 valence electrons. The van der Waals surface area contributed by atoms with E-state index in [9.17, 15) is 17.3 Å². The van der Waals surface area contributed by atoms with Crippen molar-refractivity contribution in [3.05, 3.63) is 11.9 Å². The first-order chi connectivity index (χ1) is 6.24. The Morgan fingerprint density at radius 2 is 1.79 bits per heavy atom. The zero-order chi connectivity index (χ0) is 11.4. The Morgan fingerprint density at radius 3 is 1.93 bits per heavy atom. The van der Waals surface area contributed by atoms with Gasteiger partial charge in [0.05, 0.1) is 12.7 Å². The summed E-state index contributed by atoms with van der Waals surface area (Å²) in [6.07, 6.45) is 3.20. The molecule has 0 amide bonds. The smallest absolute Gasteiger partial charge is 0.418 e. The lowest BCUT2D eigenvalue weighted by Gasteiger charge is -1.96. The normalized spacial score (nSPS) is 20.9. The van der Waals surface area contributed by atoms with Crippen LogP contribution in [0.3, 0.4) is 0 Å². The molecule has 1 rings (SSSR count). The van der Waals surface area contributed by atoms with Crippen LogP contribution in [0, 0.1) is 0 Å². The van der Waals surface area contributed by atoms with E-state index in [2.05, 4.69) is 32.1 Å². The highest BCUT2D eigenvalue weighted by Crippen LogP contribution is 2.06. The summed E-state index contributed by atoms with van der Waals surface area (Å²) in [4.78, 5) is 5.64. The van der Waals surface area contributed by atoms with Crippen molar-refractivity contribution in [3.63, 3.8) is 0 Å². The predicted molar refractivity (Wildman–Crippen MR) is 48.6 cm³/mol. The third-order valence-electron chi connectivity index (χ3n) is 1.63. The molecule has 1 aliphatic rings. The molecule has 1 heterocycles. The van der Waals surface area contributed by atoms with E-state index in [1.807, 2.05) is 0 Å². The number of hydrogen-bond acceptors (Lipinski definition) is 1. The maximum Gasteiger partial charge on any atom is 0.673 e. The van der Waals surface area contributed by atoms with Gasteiger partial charge in [0.1, 0.15) is 6.20 Å². The zero-order valence-electron chi connectivity index (χ0n) is 8.32. The van der Waals surface area contributed by atoms with Crippen LogP contribution < -0.4 is 4.90 Å². The van der Waals surface area contributed by atoms with Crippen LogP contribution in [0.5, 0.6) is 0 Å². The molecule has 1 N–H and O–H groups in total. The number of nitrogens with zero attached hydrogens (tertiary/aromatic N) is 1. The summed E-state index contributed by atoms with van der Waals surface area (Å²) < 4.78 is 39.0. The monoisotopic (exact) mass is 212 g/mol. The summed E-state index contributed by atoms with van der Waals surface area (Å²) in [6.45, 7) is 4.18. The second-order valence-electron chi connectivity index (χ2n) is 2.86. The summed E-state index contributed by atoms with van der Waals surface area (Å²) >= 11 is 0. The Labute approximate surface area is 80.4 Å². The fourth-order valence-electron chi connectivity index (χ4n) is 0.871. The average Bonchev–Trinajstić information content (AvgIpc) is 2.28. The van der Waals surface area contributed by atoms with Gasteiger partial charge in [0, 0.05) is 6.92 Å².